The number of nitrogens with one attached hydrogen (secondary N) is 1. The Kier molecular flexibility index (Phi) is 4.32. The van der Waals surface area contributed by atoms with Crippen LogP contribution in [0.3, 0.4) is 0 Å². The first-order valence-electron chi connectivity index (χ1n) is 8.96. The number of para-hydroxylation sites is 1. The molecule has 0 aliphatic carbocycles. The second-order valence-electron chi connectivity index (χ2n) is 6.85. The number of anilines is 2. The average Bonchev–Trinajstić information content (AvgIpc) is 3.07. The molecule has 0 bridgehead atoms. The van der Waals surface area contributed by atoms with E-state index in [1.165, 1.54) is 10.5 Å². The average molecular weight is 338 g/mol. The van der Waals surface area contributed by atoms with Crippen LogP contribution in [0.15, 0.2) is 48.5 Å². The van der Waals surface area contributed by atoms with Gasteiger partial charge in [0, 0.05) is 17.9 Å². The molecule has 0 atom stereocenters. The molecule has 1 saturated heterocycles. The van der Waals surface area contributed by atoms with Gasteiger partial charge in [-0.05, 0) is 42.3 Å². The summed E-state index contributed by atoms with van der Waals surface area (Å²) in [5.74, 6) is 0.530. The molecular formula is C20H24N3O2+. The highest BCUT2D eigenvalue weighted by atomic mass is 16.3. The summed E-state index contributed by atoms with van der Waals surface area (Å²) >= 11 is 0. The van der Waals surface area contributed by atoms with E-state index in [9.17, 15) is 9.90 Å². The summed E-state index contributed by atoms with van der Waals surface area (Å²) in [6.45, 7) is 5.17. The number of hydrogen-bond acceptors (Lipinski definition) is 3. The SMILES string of the molecule is O=C(C[NH+]1CCN(c2ccc(O)cc2)CC1)N1CCc2ccccc21. The first-order valence-corrected chi connectivity index (χ1v) is 8.96. The number of amides is 1. The number of carbonyl (C=O) groups is 1. The Morgan fingerprint density at radius 2 is 1.72 bits per heavy atom. The number of phenolic OH excluding ortho intramolecular Hbond substituents is 1. The van der Waals surface area contributed by atoms with Crippen molar-refractivity contribution in [3.63, 3.8) is 0 Å². The van der Waals surface area contributed by atoms with Gasteiger partial charge in [0.15, 0.2) is 6.54 Å². The number of rotatable bonds is 3. The van der Waals surface area contributed by atoms with E-state index in [2.05, 4.69) is 17.0 Å². The van der Waals surface area contributed by atoms with E-state index in [1.54, 1.807) is 12.1 Å². The van der Waals surface area contributed by atoms with Gasteiger partial charge in [0.1, 0.15) is 5.75 Å². The standard InChI is InChI=1S/C20H23N3O2/c24-18-7-5-17(6-8-18)22-13-11-21(12-14-22)15-20(25)23-10-9-16-3-1-2-4-19(16)23/h1-8,24H,9-15H2/p+1. The molecule has 0 saturated carbocycles. The molecule has 1 amide bonds. The smallest absolute Gasteiger partial charge is 0.282 e. The van der Waals surface area contributed by atoms with Gasteiger partial charge in [-0.2, -0.15) is 0 Å². The van der Waals surface area contributed by atoms with E-state index in [0.717, 1.165) is 50.5 Å². The Balaban J connectivity index is 1.33. The number of carbonyl (C=O) groups excluding carboxylic acids is 1. The fourth-order valence-corrected chi connectivity index (χ4v) is 3.83. The van der Waals surface area contributed by atoms with Crippen LogP contribution in [0.4, 0.5) is 11.4 Å². The van der Waals surface area contributed by atoms with Crippen molar-refractivity contribution in [2.24, 2.45) is 0 Å². The quantitative estimate of drug-likeness (QED) is 0.866. The molecule has 2 aliphatic rings. The Labute approximate surface area is 148 Å². The van der Waals surface area contributed by atoms with Gasteiger partial charge in [0.25, 0.3) is 5.91 Å². The van der Waals surface area contributed by atoms with E-state index in [-0.39, 0.29) is 5.91 Å². The third-order valence-electron chi connectivity index (χ3n) is 5.27. The van der Waals surface area contributed by atoms with Crippen LogP contribution < -0.4 is 14.7 Å². The third-order valence-corrected chi connectivity index (χ3v) is 5.27. The van der Waals surface area contributed by atoms with Gasteiger partial charge >= 0.3 is 0 Å². The minimum Gasteiger partial charge on any atom is -0.508 e. The molecule has 4 rings (SSSR count). The van der Waals surface area contributed by atoms with Crippen LogP contribution in [0.2, 0.25) is 0 Å². The first-order chi connectivity index (χ1) is 12.2. The Hall–Kier alpha value is -2.53. The summed E-state index contributed by atoms with van der Waals surface area (Å²) in [6, 6.07) is 15.6. The molecule has 2 heterocycles. The van der Waals surface area contributed by atoms with Gasteiger partial charge in [-0.3, -0.25) is 4.79 Å². The van der Waals surface area contributed by atoms with E-state index in [1.807, 2.05) is 29.2 Å². The highest BCUT2D eigenvalue weighted by Gasteiger charge is 2.29. The first kappa shape index (κ1) is 16.0. The maximum atomic E-state index is 12.7. The maximum absolute atomic E-state index is 12.7. The maximum Gasteiger partial charge on any atom is 0.282 e. The molecular weight excluding hydrogens is 314 g/mol. The summed E-state index contributed by atoms with van der Waals surface area (Å²) in [5, 5.41) is 9.41. The minimum absolute atomic E-state index is 0.234. The Morgan fingerprint density at radius 1 is 1.00 bits per heavy atom. The highest BCUT2D eigenvalue weighted by Crippen LogP contribution is 2.27. The van der Waals surface area contributed by atoms with Crippen molar-refractivity contribution in [1.29, 1.82) is 0 Å². The van der Waals surface area contributed by atoms with Crippen molar-refractivity contribution in [3.05, 3.63) is 54.1 Å². The molecule has 25 heavy (non-hydrogen) atoms. The lowest BCUT2D eigenvalue weighted by Crippen LogP contribution is -3.16. The summed E-state index contributed by atoms with van der Waals surface area (Å²) in [6.07, 6.45) is 0.964. The van der Waals surface area contributed by atoms with Crippen molar-refractivity contribution >= 4 is 17.3 Å². The number of hydrogen-bond donors (Lipinski definition) is 2. The predicted octanol–water partition coefficient (Wildman–Crippen LogP) is 0.686. The van der Waals surface area contributed by atoms with Crippen LogP contribution in [-0.4, -0.2) is 50.3 Å². The van der Waals surface area contributed by atoms with E-state index in [4.69, 9.17) is 0 Å². The van der Waals surface area contributed by atoms with Crippen LogP contribution in [0, 0.1) is 0 Å². The summed E-state index contributed by atoms with van der Waals surface area (Å²) in [5.41, 5.74) is 3.51. The normalized spacial score (nSPS) is 17.6. The fourth-order valence-electron chi connectivity index (χ4n) is 3.83. The number of aromatic hydroxyl groups is 1. The van der Waals surface area contributed by atoms with Crippen LogP contribution in [0.25, 0.3) is 0 Å². The number of nitrogens with zero attached hydrogens (tertiary/aromatic N) is 2. The number of quaternary nitrogens is 1. The third kappa shape index (κ3) is 3.33. The largest absolute Gasteiger partial charge is 0.508 e. The van der Waals surface area contributed by atoms with Gasteiger partial charge in [-0.25, -0.2) is 0 Å². The molecule has 2 aromatic rings. The van der Waals surface area contributed by atoms with Gasteiger partial charge in [-0.1, -0.05) is 18.2 Å². The molecule has 130 valence electrons. The van der Waals surface area contributed by atoms with Crippen molar-refractivity contribution in [2.75, 3.05) is 49.1 Å². The van der Waals surface area contributed by atoms with Crippen molar-refractivity contribution in [3.8, 4) is 5.75 Å². The molecule has 2 aliphatic heterocycles. The monoisotopic (exact) mass is 338 g/mol. The van der Waals surface area contributed by atoms with Crippen molar-refractivity contribution < 1.29 is 14.8 Å². The number of piperazine rings is 1. The van der Waals surface area contributed by atoms with E-state index >= 15 is 0 Å². The number of phenols is 1. The second-order valence-corrected chi connectivity index (χ2v) is 6.85. The van der Waals surface area contributed by atoms with Crippen molar-refractivity contribution in [2.45, 2.75) is 6.42 Å². The molecule has 0 spiro atoms. The zero-order valence-corrected chi connectivity index (χ0v) is 14.3. The molecule has 0 unspecified atom stereocenters. The molecule has 1 fully saturated rings. The molecule has 5 heteroatoms. The molecule has 2 N–H and O–H groups in total. The van der Waals surface area contributed by atoms with Gasteiger partial charge in [0.2, 0.25) is 0 Å². The molecule has 0 aromatic heterocycles. The predicted molar refractivity (Wildman–Crippen MR) is 98.4 cm³/mol. The summed E-state index contributed by atoms with van der Waals surface area (Å²) in [4.78, 5) is 18.4. The lowest BCUT2D eigenvalue weighted by Gasteiger charge is -2.34. The zero-order valence-electron chi connectivity index (χ0n) is 14.3. The lowest BCUT2D eigenvalue weighted by molar-refractivity contribution is -0.892. The van der Waals surface area contributed by atoms with E-state index in [0.29, 0.717) is 12.3 Å². The topological polar surface area (TPSA) is 48.2 Å². The highest BCUT2D eigenvalue weighted by molar-refractivity contribution is 5.96. The van der Waals surface area contributed by atoms with Crippen LogP contribution in [0.5, 0.6) is 5.75 Å². The molecule has 2 aromatic carbocycles. The van der Waals surface area contributed by atoms with Crippen LogP contribution >= 0.6 is 0 Å². The number of benzene rings is 2. The zero-order chi connectivity index (χ0) is 17.2. The Morgan fingerprint density at radius 3 is 2.48 bits per heavy atom. The van der Waals surface area contributed by atoms with Gasteiger partial charge in [0.05, 0.1) is 26.2 Å². The van der Waals surface area contributed by atoms with Gasteiger partial charge in [-0.15, -0.1) is 0 Å². The Bertz CT molecular complexity index is 752. The lowest BCUT2D eigenvalue weighted by atomic mass is 10.2. The van der Waals surface area contributed by atoms with Crippen molar-refractivity contribution in [1.82, 2.24) is 0 Å². The van der Waals surface area contributed by atoms with Crippen LogP contribution in [-0.2, 0) is 11.2 Å². The molecule has 5 nitrogen and oxygen atoms in total. The van der Waals surface area contributed by atoms with Gasteiger partial charge < -0.3 is 19.8 Å². The van der Waals surface area contributed by atoms with E-state index < -0.39 is 0 Å². The molecule has 0 radical (unpaired) electrons. The summed E-state index contributed by atoms with van der Waals surface area (Å²) < 4.78 is 0. The fraction of sp³-hybridized carbons (Fsp3) is 0.350. The second kappa shape index (κ2) is 6.76. The minimum atomic E-state index is 0.234. The van der Waals surface area contributed by atoms with Crippen LogP contribution in [0.1, 0.15) is 5.56 Å². The number of fused-ring (bicyclic) bond motifs is 1. The summed E-state index contributed by atoms with van der Waals surface area (Å²) in [7, 11) is 0.